The van der Waals surface area contributed by atoms with Gasteiger partial charge < -0.3 is 19.2 Å². The molecule has 0 bridgehead atoms. The standard InChI is InChI=1S/C4H10O7P2/c1-3(5)11-13(9,10)4(2)12(6,7)8/h4H,1-2H3,(H,9,10)(H2,6,7,8). The first-order valence-electron chi connectivity index (χ1n) is 3.15. The molecule has 0 aromatic heterocycles. The Morgan fingerprint density at radius 1 is 1.31 bits per heavy atom. The fourth-order valence-corrected chi connectivity index (χ4v) is 2.63. The first kappa shape index (κ1) is 12.8. The maximum atomic E-state index is 11.0. The van der Waals surface area contributed by atoms with Crippen molar-refractivity contribution >= 4 is 21.2 Å². The molecule has 0 aromatic rings. The van der Waals surface area contributed by atoms with Gasteiger partial charge in [0.2, 0.25) is 0 Å². The summed E-state index contributed by atoms with van der Waals surface area (Å²) in [5.41, 5.74) is 0. The van der Waals surface area contributed by atoms with Crippen molar-refractivity contribution in [3.8, 4) is 0 Å². The molecule has 0 heterocycles. The van der Waals surface area contributed by atoms with Gasteiger partial charge in [0.25, 0.3) is 0 Å². The molecule has 0 radical (unpaired) electrons. The maximum Gasteiger partial charge on any atom is 0.393 e. The van der Waals surface area contributed by atoms with E-state index in [9.17, 15) is 13.9 Å². The molecule has 0 aromatic carbocycles. The molecular weight excluding hydrogens is 222 g/mol. The summed E-state index contributed by atoms with van der Waals surface area (Å²) in [6, 6.07) is 0. The fraction of sp³-hybridized carbons (Fsp3) is 0.750. The summed E-state index contributed by atoms with van der Waals surface area (Å²) in [7, 11) is -9.30. The van der Waals surface area contributed by atoms with Crippen LogP contribution in [0.3, 0.4) is 0 Å². The zero-order valence-corrected chi connectivity index (χ0v) is 8.74. The van der Waals surface area contributed by atoms with Gasteiger partial charge in [-0.15, -0.1) is 0 Å². The Hall–Kier alpha value is -0.190. The van der Waals surface area contributed by atoms with Gasteiger partial charge in [0, 0.05) is 6.92 Å². The summed E-state index contributed by atoms with van der Waals surface area (Å²) in [5.74, 6) is -1.06. The van der Waals surface area contributed by atoms with E-state index < -0.39 is 26.6 Å². The van der Waals surface area contributed by atoms with Crippen LogP contribution in [0.1, 0.15) is 13.8 Å². The molecule has 13 heavy (non-hydrogen) atoms. The SMILES string of the molecule is CC(=O)OP(=O)(O)C(C)P(=O)(O)O. The topological polar surface area (TPSA) is 121 Å². The predicted molar refractivity (Wildman–Crippen MR) is 43.1 cm³/mol. The minimum atomic E-state index is -4.72. The first-order valence-corrected chi connectivity index (χ1v) is 6.48. The van der Waals surface area contributed by atoms with Crippen LogP contribution in [0.5, 0.6) is 0 Å². The number of hydrogen-bond donors (Lipinski definition) is 3. The van der Waals surface area contributed by atoms with Gasteiger partial charge in [-0.1, -0.05) is 0 Å². The minimum absolute atomic E-state index is 0.838. The van der Waals surface area contributed by atoms with Crippen molar-refractivity contribution in [3.63, 3.8) is 0 Å². The number of hydrogen-bond acceptors (Lipinski definition) is 4. The lowest BCUT2D eigenvalue weighted by Gasteiger charge is -2.18. The van der Waals surface area contributed by atoms with Gasteiger partial charge in [-0.25, -0.2) is 4.57 Å². The lowest BCUT2D eigenvalue weighted by atomic mass is 10.9. The summed E-state index contributed by atoms with van der Waals surface area (Å²) in [5, 5.41) is -1.90. The van der Waals surface area contributed by atoms with Crippen molar-refractivity contribution in [2.45, 2.75) is 19.2 Å². The van der Waals surface area contributed by atoms with E-state index in [-0.39, 0.29) is 0 Å². The van der Waals surface area contributed by atoms with E-state index in [1.165, 1.54) is 0 Å². The van der Waals surface area contributed by atoms with E-state index in [1.54, 1.807) is 0 Å². The molecule has 0 spiro atoms. The lowest BCUT2D eigenvalue weighted by molar-refractivity contribution is -0.132. The van der Waals surface area contributed by atoms with Crippen LogP contribution in [-0.4, -0.2) is 26.0 Å². The number of rotatable bonds is 3. The summed E-state index contributed by atoms with van der Waals surface area (Å²) in [4.78, 5) is 36.2. The van der Waals surface area contributed by atoms with Crippen LogP contribution in [0.2, 0.25) is 0 Å². The van der Waals surface area contributed by atoms with Crippen LogP contribution in [0, 0.1) is 0 Å². The first-order chi connectivity index (χ1) is 5.57. The van der Waals surface area contributed by atoms with Crippen LogP contribution >= 0.6 is 15.2 Å². The molecule has 0 rings (SSSR count). The van der Waals surface area contributed by atoms with E-state index in [0.29, 0.717) is 0 Å². The molecule has 3 N–H and O–H groups in total. The summed E-state index contributed by atoms with van der Waals surface area (Å²) in [6.45, 7) is 1.71. The average molecular weight is 232 g/mol. The molecule has 0 saturated carbocycles. The van der Waals surface area contributed by atoms with Crippen LogP contribution < -0.4 is 0 Å². The summed E-state index contributed by atoms with van der Waals surface area (Å²) in [6.07, 6.45) is 0. The molecule has 0 aliphatic heterocycles. The number of carbonyl (C=O) groups is 1. The molecule has 0 amide bonds. The van der Waals surface area contributed by atoms with Crippen LogP contribution in [0.25, 0.3) is 0 Å². The van der Waals surface area contributed by atoms with Gasteiger partial charge >= 0.3 is 21.2 Å². The van der Waals surface area contributed by atoms with E-state index in [2.05, 4.69) is 4.52 Å². The number of carbonyl (C=O) groups excluding carboxylic acids is 1. The second-order valence-corrected chi connectivity index (χ2v) is 6.81. The van der Waals surface area contributed by atoms with Gasteiger partial charge in [0.05, 0.1) is 0 Å². The lowest BCUT2D eigenvalue weighted by Crippen LogP contribution is -2.09. The van der Waals surface area contributed by atoms with Crippen LogP contribution in [0.4, 0.5) is 0 Å². The molecule has 9 heteroatoms. The van der Waals surface area contributed by atoms with Gasteiger partial charge in [-0.3, -0.25) is 9.36 Å². The third-order valence-electron chi connectivity index (χ3n) is 1.22. The van der Waals surface area contributed by atoms with Crippen molar-refractivity contribution in [3.05, 3.63) is 0 Å². The molecule has 78 valence electrons. The fourth-order valence-electron chi connectivity index (χ4n) is 0.451. The molecule has 7 nitrogen and oxygen atoms in total. The van der Waals surface area contributed by atoms with E-state index >= 15 is 0 Å². The monoisotopic (exact) mass is 232 g/mol. The molecule has 2 atom stereocenters. The third kappa shape index (κ3) is 4.02. The summed E-state index contributed by atoms with van der Waals surface area (Å²) < 4.78 is 25.4. The maximum absolute atomic E-state index is 11.0. The second-order valence-electron chi connectivity index (χ2n) is 2.37. The Morgan fingerprint density at radius 2 is 1.69 bits per heavy atom. The Kier molecular flexibility index (Phi) is 3.84. The molecule has 0 aliphatic carbocycles. The minimum Gasteiger partial charge on any atom is -0.391 e. The summed E-state index contributed by atoms with van der Waals surface area (Å²) >= 11 is 0. The van der Waals surface area contributed by atoms with E-state index in [1.807, 2.05) is 0 Å². The van der Waals surface area contributed by atoms with Gasteiger partial charge in [-0.05, 0) is 6.92 Å². The normalized spacial score (nSPS) is 18.8. The predicted octanol–water partition coefficient (Wildman–Crippen LogP) is 0.259. The largest absolute Gasteiger partial charge is 0.393 e. The molecule has 2 unspecified atom stereocenters. The zero-order valence-electron chi connectivity index (χ0n) is 6.95. The van der Waals surface area contributed by atoms with Crippen molar-refractivity contribution in [2.24, 2.45) is 0 Å². The Morgan fingerprint density at radius 3 is 1.92 bits per heavy atom. The molecular formula is C4H10O7P2. The quantitative estimate of drug-likeness (QED) is 0.596. The molecule has 0 aliphatic rings. The van der Waals surface area contributed by atoms with Gasteiger partial charge in [0.15, 0.2) is 5.40 Å². The second kappa shape index (κ2) is 3.90. The van der Waals surface area contributed by atoms with Crippen LogP contribution in [-0.2, 0) is 18.4 Å². The molecule has 0 saturated heterocycles. The van der Waals surface area contributed by atoms with Crippen LogP contribution in [0.15, 0.2) is 0 Å². The van der Waals surface area contributed by atoms with E-state index in [4.69, 9.17) is 14.7 Å². The zero-order chi connectivity index (χ0) is 10.9. The van der Waals surface area contributed by atoms with Gasteiger partial charge in [-0.2, -0.15) is 0 Å². The highest BCUT2D eigenvalue weighted by Crippen LogP contribution is 2.62. The average Bonchev–Trinajstić information content (AvgIpc) is 1.80. The van der Waals surface area contributed by atoms with Crippen molar-refractivity contribution in [2.75, 3.05) is 0 Å². The van der Waals surface area contributed by atoms with Crippen molar-refractivity contribution < 1.29 is 33.1 Å². The van der Waals surface area contributed by atoms with Gasteiger partial charge in [0.1, 0.15) is 0 Å². The Bertz CT molecular complexity index is 291. The highest BCUT2D eigenvalue weighted by Gasteiger charge is 2.43. The smallest absolute Gasteiger partial charge is 0.391 e. The third-order valence-corrected chi connectivity index (χ3v) is 5.43. The van der Waals surface area contributed by atoms with E-state index in [0.717, 1.165) is 13.8 Å². The highest BCUT2D eigenvalue weighted by molar-refractivity contribution is 7.71. The Balaban J connectivity index is 4.75. The van der Waals surface area contributed by atoms with Crippen molar-refractivity contribution in [1.29, 1.82) is 0 Å². The molecule has 0 fully saturated rings. The van der Waals surface area contributed by atoms with Crippen molar-refractivity contribution in [1.82, 2.24) is 0 Å². The highest BCUT2D eigenvalue weighted by atomic mass is 31.2. The Labute approximate surface area is 74.4 Å².